The molecule has 0 spiro atoms. The van der Waals surface area contributed by atoms with Crippen LogP contribution in [0.4, 0.5) is 0 Å². The van der Waals surface area contributed by atoms with Crippen LogP contribution < -0.4 is 5.73 Å². The standard InChI is InChI=1S/C13H19N3/c1-8(2)9(3)13-15-11-6-4-5-10(7-14)12(11)16-13/h4-6,8-9H,7,14H2,1-3H3,(H,15,16). The first-order valence-corrected chi connectivity index (χ1v) is 5.81. The normalized spacial score (nSPS) is 13.6. The van der Waals surface area contributed by atoms with E-state index in [1.165, 1.54) is 0 Å². The Hall–Kier alpha value is -1.35. The Balaban J connectivity index is 2.51. The van der Waals surface area contributed by atoms with Gasteiger partial charge in [0.15, 0.2) is 0 Å². The van der Waals surface area contributed by atoms with E-state index in [4.69, 9.17) is 5.73 Å². The smallest absolute Gasteiger partial charge is 0.110 e. The molecule has 1 atom stereocenters. The third-order valence-corrected chi connectivity index (χ3v) is 3.27. The van der Waals surface area contributed by atoms with Gasteiger partial charge < -0.3 is 10.7 Å². The lowest BCUT2D eigenvalue weighted by Gasteiger charge is -2.11. The molecule has 3 nitrogen and oxygen atoms in total. The van der Waals surface area contributed by atoms with Crippen molar-refractivity contribution in [2.24, 2.45) is 11.7 Å². The average molecular weight is 217 g/mol. The monoisotopic (exact) mass is 217 g/mol. The highest BCUT2D eigenvalue weighted by Gasteiger charge is 2.15. The van der Waals surface area contributed by atoms with Crippen LogP contribution >= 0.6 is 0 Å². The first-order chi connectivity index (χ1) is 7.63. The van der Waals surface area contributed by atoms with Crippen molar-refractivity contribution in [3.8, 4) is 0 Å². The van der Waals surface area contributed by atoms with Gasteiger partial charge in [0.25, 0.3) is 0 Å². The Bertz CT molecular complexity index is 485. The van der Waals surface area contributed by atoms with Gasteiger partial charge in [-0.1, -0.05) is 32.9 Å². The lowest BCUT2D eigenvalue weighted by atomic mass is 9.98. The first kappa shape index (κ1) is 11.1. The largest absolute Gasteiger partial charge is 0.342 e. The molecule has 0 aliphatic heterocycles. The van der Waals surface area contributed by atoms with E-state index in [0.717, 1.165) is 22.4 Å². The van der Waals surface area contributed by atoms with Gasteiger partial charge in [-0.15, -0.1) is 0 Å². The van der Waals surface area contributed by atoms with Crippen molar-refractivity contribution in [2.75, 3.05) is 0 Å². The van der Waals surface area contributed by atoms with Crippen LogP contribution in [0.2, 0.25) is 0 Å². The zero-order chi connectivity index (χ0) is 11.7. The maximum Gasteiger partial charge on any atom is 0.110 e. The van der Waals surface area contributed by atoms with Gasteiger partial charge in [-0.2, -0.15) is 0 Å². The van der Waals surface area contributed by atoms with Crippen LogP contribution in [0.5, 0.6) is 0 Å². The Kier molecular flexibility index (Phi) is 2.97. The molecule has 16 heavy (non-hydrogen) atoms. The number of nitrogens with zero attached hydrogens (tertiary/aromatic N) is 1. The second-order valence-electron chi connectivity index (χ2n) is 4.67. The molecular weight excluding hydrogens is 198 g/mol. The van der Waals surface area contributed by atoms with Crippen LogP contribution in [-0.4, -0.2) is 9.97 Å². The SMILES string of the molecule is CC(C)C(C)c1nc2c(CN)cccc2[nH]1. The molecule has 0 amide bonds. The number of aromatic nitrogens is 2. The van der Waals surface area contributed by atoms with Gasteiger partial charge in [-0.25, -0.2) is 4.98 Å². The molecule has 1 unspecified atom stereocenters. The fraction of sp³-hybridized carbons (Fsp3) is 0.462. The second-order valence-corrected chi connectivity index (χ2v) is 4.67. The van der Waals surface area contributed by atoms with Gasteiger partial charge in [-0.05, 0) is 17.5 Å². The van der Waals surface area contributed by atoms with Crippen LogP contribution in [0.15, 0.2) is 18.2 Å². The summed E-state index contributed by atoms with van der Waals surface area (Å²) >= 11 is 0. The van der Waals surface area contributed by atoms with E-state index in [1.54, 1.807) is 0 Å². The minimum atomic E-state index is 0.443. The first-order valence-electron chi connectivity index (χ1n) is 5.81. The van der Waals surface area contributed by atoms with Gasteiger partial charge in [-0.3, -0.25) is 0 Å². The van der Waals surface area contributed by atoms with E-state index < -0.39 is 0 Å². The maximum atomic E-state index is 5.71. The summed E-state index contributed by atoms with van der Waals surface area (Å²) in [7, 11) is 0. The van der Waals surface area contributed by atoms with Crippen LogP contribution in [0, 0.1) is 5.92 Å². The number of nitrogens with two attached hydrogens (primary N) is 1. The van der Waals surface area contributed by atoms with Gasteiger partial charge >= 0.3 is 0 Å². The number of hydrogen-bond acceptors (Lipinski definition) is 2. The molecule has 0 aliphatic rings. The van der Waals surface area contributed by atoms with E-state index >= 15 is 0 Å². The summed E-state index contributed by atoms with van der Waals surface area (Å²) in [6.07, 6.45) is 0. The molecule has 2 aromatic rings. The number of nitrogens with one attached hydrogen (secondary N) is 1. The number of H-pyrrole nitrogens is 1. The molecule has 0 radical (unpaired) electrons. The Morgan fingerprint density at radius 2 is 2.06 bits per heavy atom. The highest BCUT2D eigenvalue weighted by atomic mass is 14.9. The molecule has 0 aliphatic carbocycles. The van der Waals surface area contributed by atoms with Crippen molar-refractivity contribution in [1.29, 1.82) is 0 Å². The summed E-state index contributed by atoms with van der Waals surface area (Å²) in [5, 5.41) is 0. The van der Waals surface area contributed by atoms with Gasteiger partial charge in [0.05, 0.1) is 11.0 Å². The molecule has 1 aromatic heterocycles. The molecule has 3 N–H and O–H groups in total. The number of benzene rings is 1. The van der Waals surface area contributed by atoms with E-state index in [2.05, 4.69) is 36.8 Å². The van der Waals surface area contributed by atoms with Crippen molar-refractivity contribution in [3.05, 3.63) is 29.6 Å². The summed E-state index contributed by atoms with van der Waals surface area (Å²) in [4.78, 5) is 8.05. The summed E-state index contributed by atoms with van der Waals surface area (Å²) in [6, 6.07) is 6.11. The fourth-order valence-corrected chi connectivity index (χ4v) is 1.81. The molecule has 0 saturated carbocycles. The molecule has 3 heteroatoms. The summed E-state index contributed by atoms with van der Waals surface area (Å²) in [5.41, 5.74) is 8.92. The molecule has 86 valence electrons. The molecule has 0 fully saturated rings. The molecule has 0 bridgehead atoms. The molecule has 0 saturated heterocycles. The van der Waals surface area contributed by atoms with Crippen LogP contribution in [0.3, 0.4) is 0 Å². The number of rotatable bonds is 3. The van der Waals surface area contributed by atoms with E-state index in [1.807, 2.05) is 12.1 Å². The second kappa shape index (κ2) is 4.26. The van der Waals surface area contributed by atoms with E-state index in [9.17, 15) is 0 Å². The van der Waals surface area contributed by atoms with Crippen LogP contribution in [-0.2, 0) is 6.54 Å². The number of imidazole rings is 1. The highest BCUT2D eigenvalue weighted by Crippen LogP contribution is 2.24. The van der Waals surface area contributed by atoms with Crippen molar-refractivity contribution >= 4 is 11.0 Å². The quantitative estimate of drug-likeness (QED) is 0.830. The van der Waals surface area contributed by atoms with Crippen molar-refractivity contribution < 1.29 is 0 Å². The Morgan fingerprint density at radius 3 is 2.69 bits per heavy atom. The number of hydrogen-bond donors (Lipinski definition) is 2. The predicted molar refractivity (Wildman–Crippen MR) is 67.2 cm³/mol. The van der Waals surface area contributed by atoms with Gasteiger partial charge in [0, 0.05) is 12.5 Å². The zero-order valence-electron chi connectivity index (χ0n) is 10.1. The van der Waals surface area contributed by atoms with Crippen LogP contribution in [0.1, 0.15) is 38.1 Å². The van der Waals surface area contributed by atoms with E-state index in [0.29, 0.717) is 18.4 Å². The van der Waals surface area contributed by atoms with Crippen molar-refractivity contribution in [3.63, 3.8) is 0 Å². The van der Waals surface area contributed by atoms with Crippen molar-refractivity contribution in [1.82, 2.24) is 9.97 Å². The molecule has 1 heterocycles. The maximum absolute atomic E-state index is 5.71. The minimum Gasteiger partial charge on any atom is -0.342 e. The molecular formula is C13H19N3. The lowest BCUT2D eigenvalue weighted by molar-refractivity contribution is 0.515. The third kappa shape index (κ3) is 1.83. The van der Waals surface area contributed by atoms with Gasteiger partial charge in [0.2, 0.25) is 0 Å². The highest BCUT2D eigenvalue weighted by molar-refractivity contribution is 5.78. The van der Waals surface area contributed by atoms with Crippen LogP contribution in [0.25, 0.3) is 11.0 Å². The number of para-hydroxylation sites is 1. The predicted octanol–water partition coefficient (Wildman–Crippen LogP) is 2.78. The fourth-order valence-electron chi connectivity index (χ4n) is 1.81. The summed E-state index contributed by atoms with van der Waals surface area (Å²) in [6.45, 7) is 7.16. The minimum absolute atomic E-state index is 0.443. The summed E-state index contributed by atoms with van der Waals surface area (Å²) in [5.74, 6) is 2.09. The Labute approximate surface area is 96.1 Å². The third-order valence-electron chi connectivity index (χ3n) is 3.27. The molecule has 2 rings (SSSR count). The zero-order valence-corrected chi connectivity index (χ0v) is 10.1. The Morgan fingerprint density at radius 1 is 1.31 bits per heavy atom. The van der Waals surface area contributed by atoms with Gasteiger partial charge in [0.1, 0.15) is 5.82 Å². The topological polar surface area (TPSA) is 54.7 Å². The number of aromatic amines is 1. The lowest BCUT2D eigenvalue weighted by Crippen LogP contribution is -2.03. The van der Waals surface area contributed by atoms with E-state index in [-0.39, 0.29) is 0 Å². The number of fused-ring (bicyclic) bond motifs is 1. The summed E-state index contributed by atoms with van der Waals surface area (Å²) < 4.78 is 0. The van der Waals surface area contributed by atoms with Crippen molar-refractivity contribution in [2.45, 2.75) is 33.2 Å². The molecule has 1 aromatic carbocycles. The average Bonchev–Trinajstić information content (AvgIpc) is 2.70.